The number of methoxy groups -OCH3 is 3. The average Bonchev–Trinajstić information content (AvgIpc) is 1.57. The number of aliphatic hydroxyl groups is 3. The molecule has 7 N–H and O–H groups in total. The second-order valence-corrected chi connectivity index (χ2v) is 41.8. The third-order valence-corrected chi connectivity index (χ3v) is 29.9. The summed E-state index contributed by atoms with van der Waals surface area (Å²) in [6, 6.07) is 23.1. The molecule has 1 saturated carbocycles. The highest BCUT2D eigenvalue weighted by Gasteiger charge is 2.57. The van der Waals surface area contributed by atoms with Crippen molar-refractivity contribution in [2.75, 3.05) is 98.6 Å². The Bertz CT molecular complexity index is 5360. The van der Waals surface area contributed by atoms with Crippen molar-refractivity contribution in [2.45, 2.75) is 280 Å². The van der Waals surface area contributed by atoms with Gasteiger partial charge in [0.05, 0.1) is 72.2 Å². The van der Waals surface area contributed by atoms with Crippen molar-refractivity contribution in [2.24, 2.45) is 29.6 Å². The Kier molecular flexibility index (Phi) is 38.6. The minimum absolute atomic E-state index is 0.0340. The molecule has 136 heavy (non-hydrogen) atoms. The maximum absolute atomic E-state index is 14.9. The largest absolute Gasteiger partial charge is 0.456 e. The van der Waals surface area contributed by atoms with Crippen LogP contribution in [0.25, 0.3) is 11.6 Å². The lowest BCUT2D eigenvalue weighted by Crippen LogP contribution is -2.64. The number of esters is 1. The number of aliphatic hydroxyl groups excluding tert-OH is 2. The van der Waals surface area contributed by atoms with Crippen LogP contribution in [0.5, 0.6) is 0 Å². The van der Waals surface area contributed by atoms with Crippen LogP contribution in [0.3, 0.4) is 0 Å². The summed E-state index contributed by atoms with van der Waals surface area (Å²) in [4.78, 5) is 89.0. The number of rotatable bonds is 36. The van der Waals surface area contributed by atoms with E-state index in [1.807, 2.05) is 74.5 Å². The van der Waals surface area contributed by atoms with E-state index in [0.29, 0.717) is 140 Å². The molecule has 4 aromatic rings. The van der Waals surface area contributed by atoms with Crippen LogP contribution in [0.4, 0.5) is 11.4 Å². The number of piperidine rings is 1. The van der Waals surface area contributed by atoms with E-state index in [-0.39, 0.29) is 71.5 Å². The van der Waals surface area contributed by atoms with Crippen molar-refractivity contribution in [3.05, 3.63) is 189 Å². The zero-order valence-electron chi connectivity index (χ0n) is 81.9. The van der Waals surface area contributed by atoms with Gasteiger partial charge >= 0.3 is 5.97 Å². The highest BCUT2D eigenvalue weighted by molar-refractivity contribution is 7.86. The van der Waals surface area contributed by atoms with Crippen molar-refractivity contribution in [1.29, 1.82) is 0 Å². The monoisotopic (exact) mass is 1920 g/mol. The molecule has 30 heteroatoms. The van der Waals surface area contributed by atoms with Crippen molar-refractivity contribution in [1.82, 2.24) is 15.5 Å². The molecule has 11 rings (SSSR count). The smallest absolute Gasteiger partial charge is 0.329 e. The number of allylic oxidation sites excluding steroid dienone is 12. The molecule has 3 fully saturated rings. The summed E-state index contributed by atoms with van der Waals surface area (Å²) in [5, 5.41) is 41.3. The van der Waals surface area contributed by atoms with E-state index in [4.69, 9.17) is 37.9 Å². The molecule has 2 bridgehead atoms. The topological polar surface area (TPSA) is 379 Å². The van der Waals surface area contributed by atoms with Crippen molar-refractivity contribution in [3.8, 4) is 0 Å². The molecule has 5 aliphatic heterocycles. The summed E-state index contributed by atoms with van der Waals surface area (Å²) in [5.74, 6) is -9.06. The number of nitrogens with zero attached hydrogens (tertiary/aromatic N) is 3. The Hall–Kier alpha value is -8.83. The molecule has 7 aliphatic rings. The third kappa shape index (κ3) is 26.8. The molecule has 0 aromatic heterocycles. The number of cyclic esters (lactones) is 1. The summed E-state index contributed by atoms with van der Waals surface area (Å²) >= 11 is 0. The normalized spacial score (nSPS) is 27.3. The van der Waals surface area contributed by atoms with E-state index in [0.717, 1.165) is 112 Å². The van der Waals surface area contributed by atoms with Crippen molar-refractivity contribution < 1.29 is 112 Å². The van der Waals surface area contributed by atoms with Crippen LogP contribution in [0.1, 0.15) is 248 Å². The van der Waals surface area contributed by atoms with Gasteiger partial charge in [-0.05, 0) is 242 Å². The number of ether oxygens (including phenoxy) is 8. The van der Waals surface area contributed by atoms with Gasteiger partial charge in [0.25, 0.3) is 43.7 Å². The second kappa shape index (κ2) is 48.8. The summed E-state index contributed by atoms with van der Waals surface area (Å²) < 4.78 is 120. The standard InChI is InChI=1S/C106H145N5O23S2/c1-15-17-50-109-85-43-41-81(135(121,122)123)65-83(85)104(8,9)94(109)46-39-75-26-22-27-76(40-47-95-105(10,11)84-66-82(136(124,125)126)42-44-86(84)110(95)51-18-16-2)96(75)77-35-37-79(38-36-77)101(117)108-49-24-54-131-56-58-132-57-55-130-53-23-48-107-100(116)78-33-30-73(31-34-78)25-21-28-80-60-68(3)59-69(4)61-92(128-13)98-93(129-14)63-71(6)106(120,134-98)99(115)102(118)111-52-20-19-29-87(111)103(119)133-97(72(7)89(113)67-90(80)114)70(5)62-74-32-45-88(112)91(64-74)127-12/h21,25,30-31,33-44,46-47,60,62,65-66,69,71-72,74,80,87-89,91-93,97-98,112-113,120H,15-20,22-24,26-29,32,45,48-59,61,63-64,67H2,1-14H3,(H3-,107,108,116,117,121,122,123,124,125,126)/p+1/b25-21+,68-60-,70-62+/t69-,71-,72-,74?,80+,87?,88-,89+,91-,92-,93+,97-,98+,106-/m1/s1. The Balaban J connectivity index is 0.652. The molecule has 4 aromatic carbocycles. The van der Waals surface area contributed by atoms with E-state index >= 15 is 0 Å². The zero-order valence-corrected chi connectivity index (χ0v) is 83.5. The fourth-order valence-electron chi connectivity index (χ4n) is 20.4. The summed E-state index contributed by atoms with van der Waals surface area (Å²) in [6.45, 7) is 26.0. The molecule has 2 aliphatic carbocycles. The quantitative estimate of drug-likeness (QED) is 0.00555. The molecule has 744 valence electrons. The number of benzene rings is 4. The minimum atomic E-state index is -4.46. The van der Waals surface area contributed by atoms with Crippen LogP contribution in [0.2, 0.25) is 0 Å². The highest BCUT2D eigenvalue weighted by Crippen LogP contribution is 2.51. The number of anilines is 1. The van der Waals surface area contributed by atoms with Crippen LogP contribution in [0.15, 0.2) is 165 Å². The van der Waals surface area contributed by atoms with Gasteiger partial charge in [-0.2, -0.15) is 21.4 Å². The first-order valence-corrected chi connectivity index (χ1v) is 51.6. The number of hydrogen-bond acceptors (Lipinski definition) is 22. The molecular weight excluding hydrogens is 1780 g/mol. The predicted molar refractivity (Wildman–Crippen MR) is 522 cm³/mol. The number of hydrogen-bond donors (Lipinski definition) is 7. The number of carbonyl (C=O) groups is 6. The number of ketones is 2. The van der Waals surface area contributed by atoms with Gasteiger partial charge in [-0.1, -0.05) is 128 Å². The van der Waals surface area contributed by atoms with Gasteiger partial charge in [-0.15, -0.1) is 0 Å². The lowest BCUT2D eigenvalue weighted by atomic mass is 9.79. The van der Waals surface area contributed by atoms with E-state index in [2.05, 4.69) is 86.0 Å². The molecule has 2 saturated heterocycles. The zero-order chi connectivity index (χ0) is 98.6. The molecule has 0 radical (unpaired) electrons. The van der Waals surface area contributed by atoms with Gasteiger partial charge in [-0.3, -0.25) is 33.1 Å². The van der Waals surface area contributed by atoms with Gasteiger partial charge < -0.3 is 73.6 Å². The molecule has 2 unspecified atom stereocenters. The first-order valence-electron chi connectivity index (χ1n) is 48.7. The Morgan fingerprint density at radius 2 is 1.26 bits per heavy atom. The molecule has 5 heterocycles. The van der Waals surface area contributed by atoms with Crippen LogP contribution in [0, 0.1) is 29.6 Å². The number of fused-ring (bicyclic) bond motifs is 5. The van der Waals surface area contributed by atoms with Crippen molar-refractivity contribution >= 4 is 84.2 Å². The van der Waals surface area contributed by atoms with E-state index in [9.17, 15) is 70.0 Å². The Morgan fingerprint density at radius 1 is 0.654 bits per heavy atom. The second-order valence-electron chi connectivity index (χ2n) is 38.9. The number of nitrogens with one attached hydrogen (secondary N) is 2. The average molecular weight is 1920 g/mol. The Labute approximate surface area is 804 Å². The summed E-state index contributed by atoms with van der Waals surface area (Å²) in [6.07, 6.45) is 21.4. The molecule has 14 atom stereocenters. The van der Waals surface area contributed by atoms with E-state index in [1.54, 1.807) is 64.3 Å². The van der Waals surface area contributed by atoms with Gasteiger partial charge in [0.1, 0.15) is 30.6 Å². The van der Waals surface area contributed by atoms with Gasteiger partial charge in [-0.25, -0.2) is 4.79 Å². The molecule has 0 spiro atoms. The van der Waals surface area contributed by atoms with Gasteiger partial charge in [0, 0.05) is 137 Å². The Morgan fingerprint density at radius 3 is 1.89 bits per heavy atom. The fraction of sp³-hybridized carbons (Fsp3) is 0.575. The number of unbranched alkanes of at least 4 members (excludes halogenated alkanes) is 2. The van der Waals surface area contributed by atoms with Crippen LogP contribution < -0.4 is 15.5 Å². The molecule has 28 nitrogen and oxygen atoms in total. The SMILES string of the molecule is CCCCN1/C(=C/C=C2\CCCC(/C=C/C3=[N+](CCCC)c4ccc(S(=O)(=O)O)cc4C3(C)C)=C2c2ccc(C(=O)NCCCOCCOCCOCCCNC(=O)c3ccc(/C=C/C[C@H]4/C=C(/C)C[C@@H](C)C[C@@H](OC)[C@@H]5O[C@@](O)(C(=O)C(=O)N6CCCCC6C(=O)O[C@H](/C(C)=C/C6CC[C@@H](O)[C@H](OC)C6)[C@H](C)[C@@H](O)CC4=O)[C@H](C)C[C@@H]5OC)cc3)cc2)C(C)(C)c2cc(S(=O)(=O)O)ccc21. The maximum Gasteiger partial charge on any atom is 0.329 e. The van der Waals surface area contributed by atoms with E-state index in [1.165, 1.54) is 31.3 Å². The molecule has 3 amide bonds. The fourth-order valence-corrected chi connectivity index (χ4v) is 21.4. The number of Topliss-reactive ketones (excluding diaryl/α,β-unsaturated/α-hetero) is 2. The lowest BCUT2D eigenvalue weighted by Gasteiger charge is -2.47. The predicted octanol–water partition coefficient (Wildman–Crippen LogP) is 15.4. The molecular formula is C106H146N5O23S2+. The van der Waals surface area contributed by atoms with Gasteiger partial charge in [0.2, 0.25) is 11.5 Å². The van der Waals surface area contributed by atoms with Gasteiger partial charge in [0.15, 0.2) is 5.71 Å². The van der Waals surface area contributed by atoms with E-state index < -0.39 is 121 Å². The van der Waals surface area contributed by atoms with Crippen molar-refractivity contribution in [3.63, 3.8) is 0 Å². The van der Waals surface area contributed by atoms with Crippen LogP contribution >= 0.6 is 0 Å². The summed E-state index contributed by atoms with van der Waals surface area (Å²) in [7, 11) is -4.36. The number of amides is 3. The summed E-state index contributed by atoms with van der Waals surface area (Å²) in [5.41, 5.74) is 11.4. The van der Waals surface area contributed by atoms with Crippen LogP contribution in [-0.4, -0.2) is 240 Å². The maximum atomic E-state index is 14.9. The number of carbonyl (C=O) groups excluding carboxylic acids is 6. The lowest BCUT2D eigenvalue weighted by molar-refractivity contribution is -0.438. The first-order chi connectivity index (χ1) is 64.8. The van der Waals surface area contributed by atoms with Crippen LogP contribution in [-0.2, 0) is 88.1 Å². The highest BCUT2D eigenvalue weighted by atomic mass is 32.2. The minimum Gasteiger partial charge on any atom is -0.456 e. The first kappa shape index (κ1) is 108. The third-order valence-electron chi connectivity index (χ3n) is 28.2.